The summed E-state index contributed by atoms with van der Waals surface area (Å²) >= 11 is 0. The summed E-state index contributed by atoms with van der Waals surface area (Å²) < 4.78 is 5.54. The number of aliphatic hydroxyl groups excluding tert-OH is 3. The van der Waals surface area contributed by atoms with Gasteiger partial charge in [-0.15, -0.1) is 0 Å². The molecule has 0 aromatic rings. The summed E-state index contributed by atoms with van der Waals surface area (Å²) in [5.74, 6) is -2.42. The first-order chi connectivity index (χ1) is 12.7. The van der Waals surface area contributed by atoms with Gasteiger partial charge in [0.1, 0.15) is 6.10 Å². The molecule has 0 fully saturated rings. The second-order valence-electron chi connectivity index (χ2n) is 9.13. The minimum absolute atomic E-state index is 0.166. The maximum Gasteiger partial charge on any atom is 0.311 e. The van der Waals surface area contributed by atoms with Crippen molar-refractivity contribution in [1.29, 1.82) is 0 Å². The number of ether oxygens (including phenoxy) is 1. The van der Waals surface area contributed by atoms with E-state index in [1.807, 2.05) is 20.8 Å². The van der Waals surface area contributed by atoms with Gasteiger partial charge in [-0.2, -0.15) is 0 Å². The lowest BCUT2D eigenvalue weighted by Crippen LogP contribution is -2.50. The molecule has 9 atom stereocenters. The molecule has 0 saturated heterocycles. The summed E-state index contributed by atoms with van der Waals surface area (Å²) in [6, 6.07) is -0.455. The van der Waals surface area contributed by atoms with Gasteiger partial charge in [-0.05, 0) is 39.5 Å². The third-order valence-corrected chi connectivity index (χ3v) is 5.71. The Morgan fingerprint density at radius 3 is 1.89 bits per heavy atom. The van der Waals surface area contributed by atoms with E-state index in [9.17, 15) is 25.2 Å². The fourth-order valence-electron chi connectivity index (χ4n) is 3.81. The lowest BCUT2D eigenvalue weighted by atomic mass is 9.78. The smallest absolute Gasteiger partial charge is 0.311 e. The maximum absolute atomic E-state index is 12.6. The van der Waals surface area contributed by atoms with E-state index in [4.69, 9.17) is 10.5 Å². The van der Waals surface area contributed by atoms with Crippen LogP contribution in [0.3, 0.4) is 0 Å². The number of hydrogen-bond acceptors (Lipinski definition) is 7. The van der Waals surface area contributed by atoms with Crippen molar-refractivity contribution in [3.05, 3.63) is 0 Å². The van der Waals surface area contributed by atoms with Gasteiger partial charge in [-0.3, -0.25) is 4.79 Å². The van der Waals surface area contributed by atoms with Crippen molar-refractivity contribution in [2.45, 2.75) is 104 Å². The number of esters is 1. The molecule has 0 saturated carbocycles. The number of carbonyl (C=O) groups excluding carboxylic acids is 1. The van der Waals surface area contributed by atoms with Crippen LogP contribution in [0.5, 0.6) is 0 Å². The highest BCUT2D eigenvalue weighted by atomic mass is 16.5. The molecule has 0 bridgehead atoms. The standard InChI is InChI=1S/C21H43NO6/c1-9-16(12(4)18(24)15(7)22)28-20(26)14(6)17(23)13(5)19(25)21(8,27)10-11(2)3/h11-19,23-25,27H,9-10,22H2,1-8H3/t12-,13?,14?,15-,16?,17?,18?,19?,21?/m1/s1. The topological polar surface area (TPSA) is 133 Å². The van der Waals surface area contributed by atoms with Crippen molar-refractivity contribution in [3.8, 4) is 0 Å². The maximum atomic E-state index is 12.6. The van der Waals surface area contributed by atoms with E-state index >= 15 is 0 Å². The first-order valence-corrected chi connectivity index (χ1v) is 10.4. The molecule has 0 spiro atoms. The van der Waals surface area contributed by atoms with Crippen molar-refractivity contribution < 1.29 is 30.0 Å². The van der Waals surface area contributed by atoms with Gasteiger partial charge in [0.25, 0.3) is 0 Å². The highest BCUT2D eigenvalue weighted by Crippen LogP contribution is 2.29. The molecule has 0 aromatic carbocycles. The van der Waals surface area contributed by atoms with Gasteiger partial charge in [0.15, 0.2) is 0 Å². The number of carbonyl (C=O) groups is 1. The molecule has 168 valence electrons. The quantitative estimate of drug-likeness (QED) is 0.310. The minimum Gasteiger partial charge on any atom is -0.462 e. The van der Waals surface area contributed by atoms with Gasteiger partial charge in [0.05, 0.1) is 29.8 Å². The van der Waals surface area contributed by atoms with Crippen LogP contribution in [0.4, 0.5) is 0 Å². The molecule has 0 amide bonds. The minimum atomic E-state index is -1.37. The van der Waals surface area contributed by atoms with Gasteiger partial charge in [-0.25, -0.2) is 0 Å². The summed E-state index contributed by atoms with van der Waals surface area (Å²) in [5.41, 5.74) is 4.36. The average molecular weight is 406 g/mol. The van der Waals surface area contributed by atoms with Crippen molar-refractivity contribution in [1.82, 2.24) is 0 Å². The van der Waals surface area contributed by atoms with Crippen LogP contribution in [0.2, 0.25) is 0 Å². The number of hydrogen-bond donors (Lipinski definition) is 5. The summed E-state index contributed by atoms with van der Waals surface area (Å²) in [6.45, 7) is 13.9. The van der Waals surface area contributed by atoms with Crippen LogP contribution in [0.25, 0.3) is 0 Å². The molecule has 7 heteroatoms. The van der Waals surface area contributed by atoms with E-state index in [-0.39, 0.29) is 11.8 Å². The molecule has 7 nitrogen and oxygen atoms in total. The summed E-state index contributed by atoms with van der Waals surface area (Å²) in [5, 5.41) is 41.8. The molecule has 0 aliphatic carbocycles. The van der Waals surface area contributed by atoms with Gasteiger partial charge in [0.2, 0.25) is 0 Å². The van der Waals surface area contributed by atoms with E-state index in [1.165, 1.54) is 13.8 Å². The van der Waals surface area contributed by atoms with E-state index < -0.39 is 53.9 Å². The third kappa shape index (κ3) is 7.59. The molecular formula is C21H43NO6. The Morgan fingerprint density at radius 2 is 1.50 bits per heavy atom. The first-order valence-electron chi connectivity index (χ1n) is 10.4. The van der Waals surface area contributed by atoms with Crippen LogP contribution in [-0.2, 0) is 9.53 Å². The van der Waals surface area contributed by atoms with Gasteiger partial charge in [0, 0.05) is 17.9 Å². The van der Waals surface area contributed by atoms with Crippen LogP contribution in [-0.4, -0.2) is 62.5 Å². The van der Waals surface area contributed by atoms with Gasteiger partial charge < -0.3 is 30.9 Å². The Kier molecular flexibility index (Phi) is 11.2. The predicted molar refractivity (Wildman–Crippen MR) is 109 cm³/mol. The second-order valence-corrected chi connectivity index (χ2v) is 9.13. The van der Waals surface area contributed by atoms with Crippen molar-refractivity contribution in [3.63, 3.8) is 0 Å². The first kappa shape index (κ1) is 27.3. The van der Waals surface area contributed by atoms with Crippen LogP contribution >= 0.6 is 0 Å². The van der Waals surface area contributed by atoms with E-state index in [1.54, 1.807) is 20.8 Å². The highest BCUT2D eigenvalue weighted by molar-refractivity contribution is 5.73. The largest absolute Gasteiger partial charge is 0.462 e. The molecule has 0 aliphatic heterocycles. The highest BCUT2D eigenvalue weighted by Gasteiger charge is 2.41. The number of rotatable bonds is 12. The van der Waals surface area contributed by atoms with E-state index in [0.29, 0.717) is 12.8 Å². The second kappa shape index (κ2) is 11.5. The lowest BCUT2D eigenvalue weighted by Gasteiger charge is -2.37. The van der Waals surface area contributed by atoms with E-state index in [2.05, 4.69) is 0 Å². The van der Waals surface area contributed by atoms with Crippen molar-refractivity contribution >= 4 is 5.97 Å². The van der Waals surface area contributed by atoms with Crippen LogP contribution in [0.1, 0.15) is 68.2 Å². The van der Waals surface area contributed by atoms with Crippen molar-refractivity contribution in [2.24, 2.45) is 29.4 Å². The Hall–Kier alpha value is -0.730. The molecule has 0 heterocycles. The molecule has 7 unspecified atom stereocenters. The predicted octanol–water partition coefficient (Wildman–Crippen LogP) is 1.44. The van der Waals surface area contributed by atoms with Crippen molar-refractivity contribution in [2.75, 3.05) is 0 Å². The zero-order valence-electron chi connectivity index (χ0n) is 18.8. The zero-order chi connectivity index (χ0) is 22.4. The summed E-state index contributed by atoms with van der Waals surface area (Å²) in [7, 11) is 0. The fourth-order valence-corrected chi connectivity index (χ4v) is 3.81. The molecular weight excluding hydrogens is 362 g/mol. The molecule has 0 rings (SSSR count). The van der Waals surface area contributed by atoms with Crippen LogP contribution < -0.4 is 5.73 Å². The Bertz CT molecular complexity index is 468. The molecule has 28 heavy (non-hydrogen) atoms. The molecule has 6 N–H and O–H groups in total. The lowest BCUT2D eigenvalue weighted by molar-refractivity contribution is -0.168. The Labute approximate surface area is 170 Å². The van der Waals surface area contributed by atoms with Gasteiger partial charge >= 0.3 is 5.97 Å². The van der Waals surface area contributed by atoms with E-state index in [0.717, 1.165) is 0 Å². The third-order valence-electron chi connectivity index (χ3n) is 5.71. The molecule has 0 radical (unpaired) electrons. The summed E-state index contributed by atoms with van der Waals surface area (Å²) in [6.07, 6.45) is -2.86. The van der Waals surface area contributed by atoms with Gasteiger partial charge in [-0.1, -0.05) is 34.6 Å². The Morgan fingerprint density at radius 1 is 1.00 bits per heavy atom. The average Bonchev–Trinajstić information content (AvgIpc) is 2.60. The number of nitrogens with two attached hydrogens (primary N) is 1. The van der Waals surface area contributed by atoms with Crippen LogP contribution in [0.15, 0.2) is 0 Å². The Balaban J connectivity index is 5.09. The normalized spacial score (nSPS) is 23.1. The summed E-state index contributed by atoms with van der Waals surface area (Å²) in [4.78, 5) is 12.6. The monoisotopic (exact) mass is 405 g/mol. The molecule has 0 aromatic heterocycles. The zero-order valence-corrected chi connectivity index (χ0v) is 18.8. The number of aliphatic hydroxyl groups is 4. The fraction of sp³-hybridized carbons (Fsp3) is 0.952. The van der Waals surface area contributed by atoms with Crippen LogP contribution in [0, 0.1) is 23.7 Å². The SMILES string of the molecule is CCC(OC(=O)C(C)C(O)C(C)C(O)C(C)(O)CC(C)C)[C@@H](C)C(O)[C@@H](C)N. The molecule has 0 aliphatic rings.